The summed E-state index contributed by atoms with van der Waals surface area (Å²) in [6.07, 6.45) is 2.03. The van der Waals surface area contributed by atoms with Crippen LogP contribution < -0.4 is 10.5 Å². The predicted molar refractivity (Wildman–Crippen MR) is 84.1 cm³/mol. The van der Waals surface area contributed by atoms with Crippen LogP contribution in [-0.4, -0.2) is 22.1 Å². The van der Waals surface area contributed by atoms with E-state index in [9.17, 15) is 0 Å². The lowest BCUT2D eigenvalue weighted by atomic mass is 9.97. The number of ether oxygens (including phenoxy) is 1. The molecule has 0 aliphatic carbocycles. The number of halogens is 1. The average molecular weight is 309 g/mol. The summed E-state index contributed by atoms with van der Waals surface area (Å²) in [6.45, 7) is 4.70. The number of methoxy groups -OCH3 is 1. The molecule has 114 valence electrons. The molecule has 1 aromatic carbocycles. The van der Waals surface area contributed by atoms with Gasteiger partial charge < -0.3 is 10.5 Å². The Morgan fingerprint density at radius 1 is 1.33 bits per heavy atom. The Labute approximate surface area is 130 Å². The Kier molecular flexibility index (Phi) is 5.20. The van der Waals surface area contributed by atoms with Gasteiger partial charge >= 0.3 is 0 Å². The molecular formula is C15H21ClN4O. The van der Waals surface area contributed by atoms with Crippen LogP contribution in [0.1, 0.15) is 44.0 Å². The highest BCUT2D eigenvalue weighted by atomic mass is 35.5. The molecule has 6 heteroatoms. The standard InChI is InChI=1S/C15H21ClN4O/c1-4-10(5-2)15-13(9-17)18-19-20(15)11-6-7-14(21-3)12(16)8-11/h6-8,10H,4-5,9,17H2,1-3H3. The fourth-order valence-corrected chi connectivity index (χ4v) is 2.78. The van der Waals surface area contributed by atoms with Gasteiger partial charge in [-0.2, -0.15) is 0 Å². The van der Waals surface area contributed by atoms with Crippen molar-refractivity contribution in [2.75, 3.05) is 7.11 Å². The number of aromatic nitrogens is 3. The number of hydrogen-bond acceptors (Lipinski definition) is 4. The molecule has 0 saturated carbocycles. The smallest absolute Gasteiger partial charge is 0.137 e. The van der Waals surface area contributed by atoms with Crippen molar-refractivity contribution in [2.24, 2.45) is 5.73 Å². The van der Waals surface area contributed by atoms with E-state index in [0.717, 1.165) is 29.9 Å². The number of hydrogen-bond donors (Lipinski definition) is 1. The van der Waals surface area contributed by atoms with Crippen LogP contribution >= 0.6 is 11.6 Å². The van der Waals surface area contributed by atoms with E-state index in [1.165, 1.54) is 0 Å². The molecule has 0 radical (unpaired) electrons. The zero-order valence-corrected chi connectivity index (χ0v) is 13.4. The number of nitrogens with two attached hydrogens (primary N) is 1. The van der Waals surface area contributed by atoms with Crippen LogP contribution in [0.2, 0.25) is 5.02 Å². The largest absolute Gasteiger partial charge is 0.495 e. The van der Waals surface area contributed by atoms with Crippen molar-refractivity contribution >= 4 is 11.6 Å². The van der Waals surface area contributed by atoms with Crippen molar-refractivity contribution in [2.45, 2.75) is 39.2 Å². The van der Waals surface area contributed by atoms with E-state index in [1.54, 1.807) is 7.11 Å². The van der Waals surface area contributed by atoms with Gasteiger partial charge in [-0.05, 0) is 31.0 Å². The minimum Gasteiger partial charge on any atom is -0.495 e. The quantitative estimate of drug-likeness (QED) is 0.889. The summed E-state index contributed by atoms with van der Waals surface area (Å²) in [6, 6.07) is 5.59. The highest BCUT2D eigenvalue weighted by molar-refractivity contribution is 6.32. The highest BCUT2D eigenvalue weighted by Crippen LogP contribution is 2.30. The molecular weight excluding hydrogens is 288 g/mol. The van der Waals surface area contributed by atoms with Crippen molar-refractivity contribution in [1.29, 1.82) is 0 Å². The molecule has 0 aliphatic heterocycles. The summed E-state index contributed by atoms with van der Waals surface area (Å²) in [5, 5.41) is 9.02. The van der Waals surface area contributed by atoms with Gasteiger partial charge in [0, 0.05) is 12.5 Å². The maximum absolute atomic E-state index is 6.21. The molecule has 0 spiro atoms. The zero-order valence-electron chi connectivity index (χ0n) is 12.6. The van der Waals surface area contributed by atoms with Gasteiger partial charge in [0.2, 0.25) is 0 Å². The lowest BCUT2D eigenvalue weighted by Gasteiger charge is -2.16. The van der Waals surface area contributed by atoms with Gasteiger partial charge in [-0.25, -0.2) is 4.68 Å². The Morgan fingerprint density at radius 2 is 2.05 bits per heavy atom. The number of nitrogens with zero attached hydrogens (tertiary/aromatic N) is 3. The van der Waals surface area contributed by atoms with Gasteiger partial charge in [0.1, 0.15) is 11.4 Å². The first-order chi connectivity index (χ1) is 10.2. The normalized spacial score (nSPS) is 11.1. The van der Waals surface area contributed by atoms with E-state index >= 15 is 0 Å². The molecule has 2 N–H and O–H groups in total. The second-order valence-corrected chi connectivity index (χ2v) is 5.28. The SMILES string of the molecule is CCC(CC)c1c(CN)nnn1-c1ccc(OC)c(Cl)c1. The molecule has 5 nitrogen and oxygen atoms in total. The summed E-state index contributed by atoms with van der Waals surface area (Å²) in [5.41, 5.74) is 8.59. The van der Waals surface area contributed by atoms with Crippen LogP contribution in [-0.2, 0) is 6.54 Å². The molecule has 0 fully saturated rings. The van der Waals surface area contributed by atoms with E-state index in [-0.39, 0.29) is 0 Å². The Morgan fingerprint density at radius 3 is 2.57 bits per heavy atom. The minimum atomic E-state index is 0.374. The van der Waals surface area contributed by atoms with E-state index in [0.29, 0.717) is 23.2 Å². The molecule has 1 aromatic heterocycles. The molecule has 0 amide bonds. The van der Waals surface area contributed by atoms with E-state index < -0.39 is 0 Å². The maximum atomic E-state index is 6.21. The molecule has 0 saturated heterocycles. The van der Waals surface area contributed by atoms with E-state index in [1.807, 2.05) is 22.9 Å². The molecule has 2 rings (SSSR count). The highest BCUT2D eigenvalue weighted by Gasteiger charge is 2.20. The molecule has 0 atom stereocenters. The van der Waals surface area contributed by atoms with Gasteiger partial charge in [-0.3, -0.25) is 0 Å². The van der Waals surface area contributed by atoms with Gasteiger partial charge in [0.25, 0.3) is 0 Å². The molecule has 2 aromatic rings. The topological polar surface area (TPSA) is 66.0 Å². The van der Waals surface area contributed by atoms with Crippen molar-refractivity contribution in [3.63, 3.8) is 0 Å². The van der Waals surface area contributed by atoms with Crippen molar-refractivity contribution in [3.05, 3.63) is 34.6 Å². The third kappa shape index (κ3) is 3.04. The number of rotatable bonds is 6. The first-order valence-corrected chi connectivity index (χ1v) is 7.52. The van der Waals surface area contributed by atoms with Crippen LogP contribution in [0.3, 0.4) is 0 Å². The van der Waals surface area contributed by atoms with Gasteiger partial charge in [-0.15, -0.1) is 5.10 Å². The van der Waals surface area contributed by atoms with Crippen LogP contribution in [0.5, 0.6) is 5.75 Å². The molecule has 1 heterocycles. The maximum Gasteiger partial charge on any atom is 0.137 e. The molecule has 0 bridgehead atoms. The van der Waals surface area contributed by atoms with Crippen molar-refractivity contribution < 1.29 is 4.74 Å². The van der Waals surface area contributed by atoms with Crippen LogP contribution in [0.15, 0.2) is 18.2 Å². The molecule has 0 unspecified atom stereocenters. The van der Waals surface area contributed by atoms with Crippen LogP contribution in [0.25, 0.3) is 5.69 Å². The summed E-state index contributed by atoms with van der Waals surface area (Å²) >= 11 is 6.21. The lowest BCUT2D eigenvalue weighted by Crippen LogP contribution is -2.10. The first kappa shape index (κ1) is 15.8. The lowest BCUT2D eigenvalue weighted by molar-refractivity contribution is 0.415. The summed E-state index contributed by atoms with van der Waals surface area (Å²) < 4.78 is 7.02. The van der Waals surface area contributed by atoms with E-state index in [2.05, 4.69) is 24.2 Å². The fraction of sp³-hybridized carbons (Fsp3) is 0.467. The average Bonchev–Trinajstić information content (AvgIpc) is 2.92. The van der Waals surface area contributed by atoms with Gasteiger partial charge in [-0.1, -0.05) is 30.7 Å². The van der Waals surface area contributed by atoms with Crippen molar-refractivity contribution in [3.8, 4) is 11.4 Å². The number of benzene rings is 1. The van der Waals surface area contributed by atoms with Crippen LogP contribution in [0, 0.1) is 0 Å². The third-order valence-corrected chi connectivity index (χ3v) is 4.02. The fourth-order valence-electron chi connectivity index (χ4n) is 2.53. The second-order valence-electron chi connectivity index (χ2n) is 4.87. The zero-order chi connectivity index (χ0) is 15.4. The van der Waals surface area contributed by atoms with Crippen LogP contribution in [0.4, 0.5) is 0 Å². The Hall–Kier alpha value is -1.59. The predicted octanol–water partition coefficient (Wildman–Crippen LogP) is 3.29. The summed E-state index contributed by atoms with van der Waals surface area (Å²) in [7, 11) is 1.60. The Balaban J connectivity index is 2.53. The van der Waals surface area contributed by atoms with Gasteiger partial charge in [0.15, 0.2) is 0 Å². The minimum absolute atomic E-state index is 0.374. The molecule has 0 aliphatic rings. The Bertz CT molecular complexity index is 608. The van der Waals surface area contributed by atoms with Crippen molar-refractivity contribution in [1.82, 2.24) is 15.0 Å². The first-order valence-electron chi connectivity index (χ1n) is 7.14. The monoisotopic (exact) mass is 308 g/mol. The summed E-state index contributed by atoms with van der Waals surface area (Å²) in [5.74, 6) is 1.02. The molecule has 21 heavy (non-hydrogen) atoms. The van der Waals surface area contributed by atoms with E-state index in [4.69, 9.17) is 22.1 Å². The second kappa shape index (κ2) is 6.91. The summed E-state index contributed by atoms with van der Waals surface area (Å²) in [4.78, 5) is 0. The third-order valence-electron chi connectivity index (χ3n) is 3.72. The van der Waals surface area contributed by atoms with Gasteiger partial charge in [0.05, 0.1) is 23.5 Å².